The summed E-state index contributed by atoms with van der Waals surface area (Å²) in [4.78, 5) is 23.5. The molecule has 30 heavy (non-hydrogen) atoms. The van der Waals surface area contributed by atoms with Crippen molar-refractivity contribution in [2.24, 2.45) is 4.99 Å². The summed E-state index contributed by atoms with van der Waals surface area (Å²) < 4.78 is 5.55. The minimum Gasteiger partial charge on any atom is -0.368 e. The van der Waals surface area contributed by atoms with Crippen LogP contribution in [0.25, 0.3) is 0 Å². The van der Waals surface area contributed by atoms with E-state index in [1.165, 1.54) is 5.56 Å². The van der Waals surface area contributed by atoms with Crippen LogP contribution in [-0.2, 0) is 16.0 Å². The molecular weight excluding hydrogens is 493 g/mol. The van der Waals surface area contributed by atoms with Crippen molar-refractivity contribution in [2.45, 2.75) is 31.4 Å². The number of hydrogen-bond acceptors (Lipinski definition) is 4. The van der Waals surface area contributed by atoms with Gasteiger partial charge < -0.3 is 24.8 Å². The van der Waals surface area contributed by atoms with Gasteiger partial charge in [0.25, 0.3) is 5.91 Å². The first-order valence-electron chi connectivity index (χ1n) is 10.6. The van der Waals surface area contributed by atoms with Crippen LogP contribution in [0, 0.1) is 0 Å². The van der Waals surface area contributed by atoms with E-state index in [0.717, 1.165) is 57.9 Å². The van der Waals surface area contributed by atoms with Gasteiger partial charge in [-0.05, 0) is 38.9 Å². The lowest BCUT2D eigenvalue weighted by atomic mass is 10.1. The van der Waals surface area contributed by atoms with Gasteiger partial charge in [-0.15, -0.1) is 24.0 Å². The Balaban J connectivity index is 0.00000320. The summed E-state index contributed by atoms with van der Waals surface area (Å²) in [5, 5.41) is 3.55. The van der Waals surface area contributed by atoms with Gasteiger partial charge in [0.05, 0.1) is 0 Å². The summed E-state index contributed by atoms with van der Waals surface area (Å²) in [5.74, 6) is 1.06. The average molecular weight is 529 g/mol. The van der Waals surface area contributed by atoms with Gasteiger partial charge in [-0.3, -0.25) is 9.79 Å². The minimum absolute atomic E-state index is 0. The Morgan fingerprint density at radius 2 is 1.87 bits per heavy atom. The minimum atomic E-state index is -0.224. The Morgan fingerprint density at radius 3 is 2.43 bits per heavy atom. The van der Waals surface area contributed by atoms with Crippen LogP contribution < -0.4 is 5.32 Å². The lowest BCUT2D eigenvalue weighted by Gasteiger charge is -2.38. The number of aliphatic imine (C=N–C) groups is 1. The van der Waals surface area contributed by atoms with Crippen molar-refractivity contribution in [3.05, 3.63) is 35.9 Å². The lowest BCUT2D eigenvalue weighted by molar-refractivity contribution is -0.142. The molecule has 168 valence electrons. The first-order valence-corrected chi connectivity index (χ1v) is 10.6. The Labute approximate surface area is 197 Å². The van der Waals surface area contributed by atoms with Gasteiger partial charge in [-0.1, -0.05) is 30.3 Å². The van der Waals surface area contributed by atoms with Crippen molar-refractivity contribution in [1.29, 1.82) is 0 Å². The van der Waals surface area contributed by atoms with Crippen LogP contribution in [0.3, 0.4) is 0 Å². The van der Waals surface area contributed by atoms with E-state index < -0.39 is 0 Å². The summed E-state index contributed by atoms with van der Waals surface area (Å²) in [7, 11) is 6.06. The topological polar surface area (TPSA) is 60.4 Å². The molecule has 2 heterocycles. The second-order valence-electron chi connectivity index (χ2n) is 8.05. The normalized spacial score (nSPS) is 20.8. The molecule has 0 aliphatic carbocycles. The third-order valence-electron chi connectivity index (χ3n) is 5.85. The summed E-state index contributed by atoms with van der Waals surface area (Å²) in [6, 6.07) is 11.0. The highest BCUT2D eigenvalue weighted by Gasteiger charge is 2.31. The first-order chi connectivity index (χ1) is 14.1. The fraction of sp³-hybridized carbons (Fsp3) is 0.636. The van der Waals surface area contributed by atoms with Gasteiger partial charge in [0.1, 0.15) is 6.10 Å². The molecule has 2 fully saturated rings. The monoisotopic (exact) mass is 529 g/mol. The summed E-state index contributed by atoms with van der Waals surface area (Å²) in [5.41, 5.74) is 1.34. The molecule has 0 spiro atoms. The largest absolute Gasteiger partial charge is 0.368 e. The molecule has 8 heteroatoms. The summed E-state index contributed by atoms with van der Waals surface area (Å²) in [6.45, 7) is 4.57. The molecule has 2 aliphatic heterocycles. The van der Waals surface area contributed by atoms with Crippen LogP contribution in [-0.4, -0.2) is 99.2 Å². The average Bonchev–Trinajstić information content (AvgIpc) is 3.29. The van der Waals surface area contributed by atoms with E-state index in [-0.39, 0.29) is 36.0 Å². The molecule has 1 aromatic carbocycles. The maximum Gasteiger partial charge on any atom is 0.251 e. The first kappa shape index (κ1) is 24.9. The smallest absolute Gasteiger partial charge is 0.251 e. The Bertz CT molecular complexity index is 671. The van der Waals surface area contributed by atoms with Gasteiger partial charge in [0.2, 0.25) is 0 Å². The molecular formula is C22H36IN5O2. The SMILES string of the molecule is CN=C(NCC(Cc1ccccc1)N(C)C)N1CCN(C(=O)C2CCCO2)CC1.I. The standard InChI is InChI=1S/C22H35N5O2.HI/c1-23-22(24-17-19(25(2)3)16-18-8-5-4-6-9-18)27-13-11-26(12-14-27)21(28)20-10-7-15-29-20;/h4-6,8-9,19-20H,7,10-17H2,1-3H3,(H,23,24);1H. The number of carbonyl (C=O) groups excluding carboxylic acids is 1. The van der Waals surface area contributed by atoms with Crippen molar-refractivity contribution in [3.8, 4) is 0 Å². The Hall–Kier alpha value is -1.39. The van der Waals surface area contributed by atoms with Gasteiger partial charge in [0.15, 0.2) is 5.96 Å². The van der Waals surface area contributed by atoms with E-state index in [2.05, 4.69) is 64.5 Å². The van der Waals surface area contributed by atoms with E-state index in [1.807, 2.05) is 11.9 Å². The zero-order valence-electron chi connectivity index (χ0n) is 18.4. The van der Waals surface area contributed by atoms with E-state index in [1.54, 1.807) is 0 Å². The molecule has 0 aromatic heterocycles. The number of nitrogens with zero attached hydrogens (tertiary/aromatic N) is 4. The number of likely N-dealkylation sites (N-methyl/N-ethyl adjacent to an activating group) is 1. The van der Waals surface area contributed by atoms with Gasteiger partial charge in [-0.25, -0.2) is 0 Å². The van der Waals surface area contributed by atoms with Gasteiger partial charge >= 0.3 is 0 Å². The second kappa shape index (κ2) is 12.5. The molecule has 2 saturated heterocycles. The van der Waals surface area contributed by atoms with Crippen molar-refractivity contribution in [3.63, 3.8) is 0 Å². The van der Waals surface area contributed by atoms with E-state index in [0.29, 0.717) is 12.6 Å². The van der Waals surface area contributed by atoms with E-state index in [4.69, 9.17) is 4.74 Å². The Morgan fingerprint density at radius 1 is 1.20 bits per heavy atom. The van der Waals surface area contributed by atoms with Crippen molar-refractivity contribution in [2.75, 3.05) is 60.5 Å². The van der Waals surface area contributed by atoms with Gasteiger partial charge in [-0.2, -0.15) is 0 Å². The van der Waals surface area contributed by atoms with Crippen LogP contribution in [0.5, 0.6) is 0 Å². The zero-order chi connectivity index (χ0) is 20.6. The second-order valence-corrected chi connectivity index (χ2v) is 8.05. The number of hydrogen-bond donors (Lipinski definition) is 1. The molecule has 2 unspecified atom stereocenters. The molecule has 0 saturated carbocycles. The molecule has 0 radical (unpaired) electrons. The van der Waals surface area contributed by atoms with Crippen LogP contribution in [0.4, 0.5) is 0 Å². The lowest BCUT2D eigenvalue weighted by Crippen LogP contribution is -2.56. The molecule has 1 aromatic rings. The van der Waals surface area contributed by atoms with E-state index in [9.17, 15) is 4.79 Å². The van der Waals surface area contributed by atoms with Crippen LogP contribution in [0.15, 0.2) is 35.3 Å². The number of guanidine groups is 1. The summed E-state index contributed by atoms with van der Waals surface area (Å²) >= 11 is 0. The Kier molecular flexibility index (Phi) is 10.3. The number of amides is 1. The number of carbonyl (C=O) groups is 1. The molecule has 7 nitrogen and oxygen atoms in total. The molecule has 1 N–H and O–H groups in total. The molecule has 3 rings (SSSR count). The van der Waals surface area contributed by atoms with E-state index >= 15 is 0 Å². The van der Waals surface area contributed by atoms with Crippen molar-refractivity contribution in [1.82, 2.24) is 20.0 Å². The third kappa shape index (κ3) is 6.81. The van der Waals surface area contributed by atoms with Crippen molar-refractivity contribution < 1.29 is 9.53 Å². The number of benzene rings is 1. The predicted molar refractivity (Wildman–Crippen MR) is 132 cm³/mol. The van der Waals surface area contributed by atoms with Crippen LogP contribution in [0.1, 0.15) is 18.4 Å². The summed E-state index contributed by atoms with van der Waals surface area (Å²) in [6.07, 6.45) is 2.61. The van der Waals surface area contributed by atoms with Crippen molar-refractivity contribution >= 4 is 35.8 Å². The zero-order valence-corrected chi connectivity index (χ0v) is 20.7. The highest BCUT2D eigenvalue weighted by atomic mass is 127. The highest BCUT2D eigenvalue weighted by Crippen LogP contribution is 2.16. The van der Waals surface area contributed by atoms with Gasteiger partial charge in [0, 0.05) is 52.4 Å². The fourth-order valence-electron chi connectivity index (χ4n) is 3.98. The molecule has 2 aliphatic rings. The number of halogens is 1. The maximum atomic E-state index is 12.5. The molecule has 0 bridgehead atoms. The highest BCUT2D eigenvalue weighted by molar-refractivity contribution is 14.0. The number of ether oxygens (including phenoxy) is 1. The number of nitrogens with one attached hydrogen (secondary N) is 1. The predicted octanol–water partition coefficient (Wildman–Crippen LogP) is 1.68. The molecule has 2 atom stereocenters. The van der Waals surface area contributed by atoms with Crippen LogP contribution in [0.2, 0.25) is 0 Å². The quantitative estimate of drug-likeness (QED) is 0.346. The third-order valence-corrected chi connectivity index (χ3v) is 5.85. The fourth-order valence-corrected chi connectivity index (χ4v) is 3.98. The number of rotatable bonds is 6. The molecule has 1 amide bonds. The number of piperazine rings is 1. The maximum absolute atomic E-state index is 12.5. The van der Waals surface area contributed by atoms with Crippen LogP contribution >= 0.6 is 24.0 Å².